The molecule has 20 heavy (non-hydrogen) atoms. The number of hydrogen-bond donors (Lipinski definition) is 2. The number of nitrogens with zero attached hydrogens (tertiary/aromatic N) is 1. The van der Waals surface area contributed by atoms with Crippen LogP contribution in [0.2, 0.25) is 0 Å². The summed E-state index contributed by atoms with van der Waals surface area (Å²) in [4.78, 5) is 27.3. The number of thiophene rings is 1. The summed E-state index contributed by atoms with van der Waals surface area (Å²) in [6.07, 6.45) is 3.60. The molecule has 3 rings (SSSR count). The molecule has 1 unspecified atom stereocenters. The smallest absolute Gasteiger partial charge is 0.318 e. The predicted octanol–water partition coefficient (Wildman–Crippen LogP) is 1.48. The number of urea groups is 1. The number of nitrogens with one attached hydrogen (secondary N) is 2. The minimum Gasteiger partial charge on any atom is -0.354 e. The van der Waals surface area contributed by atoms with Gasteiger partial charge in [-0.3, -0.25) is 4.79 Å². The topological polar surface area (TPSA) is 61.4 Å². The third-order valence-electron chi connectivity index (χ3n) is 3.93. The van der Waals surface area contributed by atoms with Crippen molar-refractivity contribution in [2.75, 3.05) is 13.1 Å². The lowest BCUT2D eigenvalue weighted by molar-refractivity contribution is -0.122. The highest BCUT2D eigenvalue weighted by Gasteiger charge is 2.27. The number of carbonyl (C=O) groups is 2. The van der Waals surface area contributed by atoms with Crippen molar-refractivity contribution in [1.82, 2.24) is 15.5 Å². The summed E-state index contributed by atoms with van der Waals surface area (Å²) in [5.74, 6) is -0.0518. The molecular formula is C14H19N3O2S. The van der Waals surface area contributed by atoms with E-state index < -0.39 is 0 Å². The van der Waals surface area contributed by atoms with E-state index in [4.69, 9.17) is 0 Å². The van der Waals surface area contributed by atoms with Gasteiger partial charge in [-0.05, 0) is 42.7 Å². The Balaban J connectivity index is 1.61. The summed E-state index contributed by atoms with van der Waals surface area (Å²) < 4.78 is 0. The highest BCUT2D eigenvalue weighted by atomic mass is 32.1. The van der Waals surface area contributed by atoms with E-state index in [-0.39, 0.29) is 18.0 Å². The summed E-state index contributed by atoms with van der Waals surface area (Å²) in [7, 11) is 0. The molecule has 1 fully saturated rings. The highest BCUT2D eigenvalue weighted by molar-refractivity contribution is 7.10. The van der Waals surface area contributed by atoms with Crippen LogP contribution in [0.15, 0.2) is 11.4 Å². The van der Waals surface area contributed by atoms with Crippen molar-refractivity contribution in [2.45, 2.75) is 38.3 Å². The average molecular weight is 293 g/mol. The molecule has 0 spiro atoms. The summed E-state index contributed by atoms with van der Waals surface area (Å²) >= 11 is 1.76. The second-order valence-electron chi connectivity index (χ2n) is 5.33. The van der Waals surface area contributed by atoms with Crippen molar-refractivity contribution in [3.63, 3.8) is 0 Å². The van der Waals surface area contributed by atoms with Crippen molar-refractivity contribution in [3.8, 4) is 0 Å². The fraction of sp³-hybridized carbons (Fsp3) is 0.571. The lowest BCUT2D eigenvalue weighted by Gasteiger charge is -2.28. The van der Waals surface area contributed by atoms with E-state index in [1.54, 1.807) is 16.2 Å². The van der Waals surface area contributed by atoms with Gasteiger partial charge in [0.15, 0.2) is 0 Å². The zero-order valence-corrected chi connectivity index (χ0v) is 12.2. The maximum Gasteiger partial charge on any atom is 0.318 e. The molecule has 1 atom stereocenters. The number of hydrogen-bond acceptors (Lipinski definition) is 3. The van der Waals surface area contributed by atoms with Crippen LogP contribution in [-0.4, -0.2) is 36.0 Å². The molecular weight excluding hydrogens is 274 g/mol. The number of rotatable bonds is 1. The van der Waals surface area contributed by atoms with Crippen molar-refractivity contribution < 1.29 is 9.59 Å². The first-order chi connectivity index (χ1) is 9.74. The standard InChI is InChI=1S/C14H19N3O2S/c18-13-11(3-1-2-6-15-13)16-14(19)17-7-4-12-10(9-17)5-8-20-12/h5,8,11H,1-4,6-7,9H2,(H,15,18)(H,16,19). The lowest BCUT2D eigenvalue weighted by Crippen LogP contribution is -2.51. The maximum atomic E-state index is 12.3. The zero-order valence-electron chi connectivity index (χ0n) is 11.4. The van der Waals surface area contributed by atoms with Gasteiger partial charge in [0.2, 0.25) is 5.91 Å². The van der Waals surface area contributed by atoms with Gasteiger partial charge in [0.05, 0.1) is 0 Å². The van der Waals surface area contributed by atoms with Gasteiger partial charge in [-0.1, -0.05) is 0 Å². The first kappa shape index (κ1) is 13.4. The molecule has 2 aliphatic rings. The normalized spacial score (nSPS) is 22.7. The van der Waals surface area contributed by atoms with Crippen molar-refractivity contribution >= 4 is 23.3 Å². The second-order valence-corrected chi connectivity index (χ2v) is 6.33. The van der Waals surface area contributed by atoms with Gasteiger partial charge in [0, 0.05) is 24.5 Å². The van der Waals surface area contributed by atoms with Crippen LogP contribution >= 0.6 is 11.3 Å². The van der Waals surface area contributed by atoms with Crippen LogP contribution in [0.1, 0.15) is 29.7 Å². The molecule has 108 valence electrons. The number of carbonyl (C=O) groups excluding carboxylic acids is 2. The molecule has 2 N–H and O–H groups in total. The van der Waals surface area contributed by atoms with Gasteiger partial charge in [-0.25, -0.2) is 4.79 Å². The van der Waals surface area contributed by atoms with Crippen molar-refractivity contribution in [1.29, 1.82) is 0 Å². The molecule has 2 aliphatic heterocycles. The van der Waals surface area contributed by atoms with Crippen LogP contribution in [0.5, 0.6) is 0 Å². The molecule has 0 aromatic carbocycles. The first-order valence-electron chi connectivity index (χ1n) is 7.12. The van der Waals surface area contributed by atoms with E-state index in [9.17, 15) is 9.59 Å². The average Bonchev–Trinajstić information content (AvgIpc) is 2.83. The SMILES string of the molecule is O=C1NCCCCC1NC(=O)N1CCc2sccc2C1. The van der Waals surface area contributed by atoms with Gasteiger partial charge in [0.25, 0.3) is 0 Å². The van der Waals surface area contributed by atoms with Gasteiger partial charge < -0.3 is 15.5 Å². The summed E-state index contributed by atoms with van der Waals surface area (Å²) in [5.41, 5.74) is 1.24. The fourth-order valence-electron chi connectivity index (χ4n) is 2.74. The van der Waals surface area contributed by atoms with Gasteiger partial charge in [0.1, 0.15) is 6.04 Å². The molecule has 3 amide bonds. The van der Waals surface area contributed by atoms with Crippen LogP contribution in [0.25, 0.3) is 0 Å². The molecule has 0 bridgehead atoms. The van der Waals surface area contributed by atoms with E-state index in [2.05, 4.69) is 22.1 Å². The van der Waals surface area contributed by atoms with Crippen LogP contribution < -0.4 is 10.6 Å². The second kappa shape index (κ2) is 5.83. The zero-order chi connectivity index (χ0) is 13.9. The van der Waals surface area contributed by atoms with Crippen LogP contribution in [0.3, 0.4) is 0 Å². The number of fused-ring (bicyclic) bond motifs is 1. The Hall–Kier alpha value is -1.56. The van der Waals surface area contributed by atoms with Crippen LogP contribution in [0, 0.1) is 0 Å². The van der Waals surface area contributed by atoms with Gasteiger partial charge in [-0.15, -0.1) is 11.3 Å². The van der Waals surface area contributed by atoms with E-state index >= 15 is 0 Å². The van der Waals surface area contributed by atoms with E-state index in [1.165, 1.54) is 10.4 Å². The molecule has 1 saturated heterocycles. The Kier molecular flexibility index (Phi) is 3.91. The van der Waals surface area contributed by atoms with Crippen molar-refractivity contribution in [3.05, 3.63) is 21.9 Å². The molecule has 3 heterocycles. The van der Waals surface area contributed by atoms with Gasteiger partial charge >= 0.3 is 6.03 Å². The Labute approximate surface area is 122 Å². The Morgan fingerprint density at radius 2 is 2.35 bits per heavy atom. The molecule has 0 saturated carbocycles. The number of amides is 3. The highest BCUT2D eigenvalue weighted by Crippen LogP contribution is 2.24. The van der Waals surface area contributed by atoms with Crippen LogP contribution in [-0.2, 0) is 17.8 Å². The molecule has 6 heteroatoms. The third-order valence-corrected chi connectivity index (χ3v) is 4.95. The minimum absolute atomic E-state index is 0.0518. The van der Waals surface area contributed by atoms with Crippen LogP contribution in [0.4, 0.5) is 4.79 Å². The Bertz CT molecular complexity index is 514. The summed E-state index contributed by atoms with van der Waals surface area (Å²) in [6.45, 7) is 2.10. The molecule has 1 aromatic heterocycles. The quantitative estimate of drug-likeness (QED) is 0.824. The predicted molar refractivity (Wildman–Crippen MR) is 77.6 cm³/mol. The molecule has 0 aliphatic carbocycles. The molecule has 1 aromatic rings. The van der Waals surface area contributed by atoms with Gasteiger partial charge in [-0.2, -0.15) is 0 Å². The first-order valence-corrected chi connectivity index (χ1v) is 8.00. The lowest BCUT2D eigenvalue weighted by atomic mass is 10.1. The minimum atomic E-state index is -0.381. The van der Waals surface area contributed by atoms with E-state index in [1.807, 2.05) is 0 Å². The Morgan fingerprint density at radius 1 is 1.45 bits per heavy atom. The maximum absolute atomic E-state index is 12.3. The van der Waals surface area contributed by atoms with E-state index in [0.717, 1.165) is 32.2 Å². The largest absolute Gasteiger partial charge is 0.354 e. The van der Waals surface area contributed by atoms with Crippen molar-refractivity contribution in [2.24, 2.45) is 0 Å². The summed E-state index contributed by atoms with van der Waals surface area (Å²) in [5, 5.41) is 7.80. The molecule has 5 nitrogen and oxygen atoms in total. The summed E-state index contributed by atoms with van der Waals surface area (Å²) in [6, 6.07) is 1.58. The Morgan fingerprint density at radius 3 is 3.25 bits per heavy atom. The monoisotopic (exact) mass is 293 g/mol. The molecule has 0 radical (unpaired) electrons. The third kappa shape index (κ3) is 2.80. The van der Waals surface area contributed by atoms with E-state index in [0.29, 0.717) is 13.1 Å². The fourth-order valence-corrected chi connectivity index (χ4v) is 3.63.